The molecule has 0 spiro atoms. The third-order valence-corrected chi connectivity index (χ3v) is 3.74. The molecule has 0 aliphatic heterocycles. The lowest BCUT2D eigenvalue weighted by atomic mass is 10.0. The Morgan fingerprint density at radius 2 is 0.905 bits per heavy atom. The summed E-state index contributed by atoms with van der Waals surface area (Å²) in [7, 11) is 1.68. The zero-order valence-electron chi connectivity index (χ0n) is 11.7. The quantitative estimate of drug-likeness (QED) is 0.603. The van der Waals surface area contributed by atoms with Crippen LogP contribution in [0.15, 0.2) is 72.8 Å². The topological polar surface area (TPSA) is 9.23 Å². The Morgan fingerprint density at radius 1 is 0.571 bits per heavy atom. The molecule has 0 amide bonds. The number of ether oxygens (including phenoxy) is 1. The smallest absolute Gasteiger partial charge is 0.118 e. The SMILES string of the molecule is COc1ccc(-c2ccc(-c3ccc(Cl)cc3)cc2)cc1. The average Bonchev–Trinajstić information content (AvgIpc) is 2.56. The molecule has 104 valence electrons. The molecule has 21 heavy (non-hydrogen) atoms. The molecule has 0 radical (unpaired) electrons. The Morgan fingerprint density at radius 3 is 1.29 bits per heavy atom. The van der Waals surface area contributed by atoms with Crippen molar-refractivity contribution in [2.45, 2.75) is 0 Å². The van der Waals surface area contributed by atoms with Crippen LogP contribution in [0.1, 0.15) is 0 Å². The Balaban J connectivity index is 1.87. The van der Waals surface area contributed by atoms with Gasteiger partial charge in [-0.3, -0.25) is 0 Å². The maximum absolute atomic E-state index is 5.92. The first kappa shape index (κ1) is 13.7. The minimum absolute atomic E-state index is 0.758. The Bertz CT molecular complexity index is 713. The van der Waals surface area contributed by atoms with Crippen molar-refractivity contribution in [1.82, 2.24) is 0 Å². The van der Waals surface area contributed by atoms with Gasteiger partial charge in [0.05, 0.1) is 7.11 Å². The highest BCUT2D eigenvalue weighted by Gasteiger charge is 2.01. The van der Waals surface area contributed by atoms with E-state index in [4.69, 9.17) is 16.3 Å². The van der Waals surface area contributed by atoms with Gasteiger partial charge in [-0.05, 0) is 46.5 Å². The van der Waals surface area contributed by atoms with Crippen LogP contribution in [0.3, 0.4) is 0 Å². The van der Waals surface area contributed by atoms with Crippen LogP contribution < -0.4 is 4.74 Å². The summed E-state index contributed by atoms with van der Waals surface area (Å²) >= 11 is 5.92. The monoisotopic (exact) mass is 294 g/mol. The third-order valence-electron chi connectivity index (χ3n) is 3.49. The van der Waals surface area contributed by atoms with E-state index in [0.29, 0.717) is 0 Å². The number of halogens is 1. The van der Waals surface area contributed by atoms with Crippen LogP contribution >= 0.6 is 11.6 Å². The zero-order chi connectivity index (χ0) is 14.7. The second-order valence-electron chi connectivity index (χ2n) is 4.81. The minimum atomic E-state index is 0.758. The summed E-state index contributed by atoms with van der Waals surface area (Å²) in [5.41, 5.74) is 4.72. The number of methoxy groups -OCH3 is 1. The molecule has 0 aromatic heterocycles. The maximum Gasteiger partial charge on any atom is 0.118 e. The molecule has 0 bridgehead atoms. The predicted octanol–water partition coefficient (Wildman–Crippen LogP) is 5.68. The molecule has 0 unspecified atom stereocenters. The molecular weight excluding hydrogens is 280 g/mol. The van der Waals surface area contributed by atoms with E-state index in [-0.39, 0.29) is 0 Å². The van der Waals surface area contributed by atoms with Gasteiger partial charge >= 0.3 is 0 Å². The van der Waals surface area contributed by atoms with Crippen molar-refractivity contribution in [2.24, 2.45) is 0 Å². The van der Waals surface area contributed by atoms with E-state index in [1.807, 2.05) is 36.4 Å². The zero-order valence-corrected chi connectivity index (χ0v) is 12.5. The van der Waals surface area contributed by atoms with Crippen LogP contribution in [0.25, 0.3) is 22.3 Å². The molecule has 0 fully saturated rings. The van der Waals surface area contributed by atoms with Gasteiger partial charge in [0.2, 0.25) is 0 Å². The predicted molar refractivity (Wildman–Crippen MR) is 88.9 cm³/mol. The average molecular weight is 295 g/mol. The van der Waals surface area contributed by atoms with Gasteiger partial charge in [0.15, 0.2) is 0 Å². The van der Waals surface area contributed by atoms with E-state index in [2.05, 4.69) is 36.4 Å². The van der Waals surface area contributed by atoms with Crippen molar-refractivity contribution in [3.8, 4) is 28.0 Å². The highest BCUT2D eigenvalue weighted by molar-refractivity contribution is 6.30. The van der Waals surface area contributed by atoms with Gasteiger partial charge in [0.25, 0.3) is 0 Å². The summed E-state index contributed by atoms with van der Waals surface area (Å²) in [4.78, 5) is 0. The van der Waals surface area contributed by atoms with E-state index in [1.54, 1.807) is 7.11 Å². The molecule has 0 saturated heterocycles. The van der Waals surface area contributed by atoms with Crippen LogP contribution in [0.2, 0.25) is 5.02 Å². The number of hydrogen-bond donors (Lipinski definition) is 0. The van der Waals surface area contributed by atoms with Crippen LogP contribution in [0.4, 0.5) is 0 Å². The summed E-state index contributed by atoms with van der Waals surface area (Å²) in [6.07, 6.45) is 0. The van der Waals surface area contributed by atoms with E-state index in [1.165, 1.54) is 22.3 Å². The number of rotatable bonds is 3. The van der Waals surface area contributed by atoms with Gasteiger partial charge in [-0.15, -0.1) is 0 Å². The van der Waals surface area contributed by atoms with Crippen molar-refractivity contribution in [3.05, 3.63) is 77.8 Å². The third kappa shape index (κ3) is 3.09. The van der Waals surface area contributed by atoms with Crippen LogP contribution in [-0.2, 0) is 0 Å². The van der Waals surface area contributed by atoms with Crippen LogP contribution in [0, 0.1) is 0 Å². The summed E-state index contributed by atoms with van der Waals surface area (Å²) in [5, 5.41) is 0.758. The Labute approximate surface area is 129 Å². The van der Waals surface area contributed by atoms with Gasteiger partial charge in [0, 0.05) is 5.02 Å². The first-order chi connectivity index (χ1) is 10.3. The minimum Gasteiger partial charge on any atom is -0.497 e. The van der Waals surface area contributed by atoms with E-state index in [9.17, 15) is 0 Å². The van der Waals surface area contributed by atoms with Gasteiger partial charge < -0.3 is 4.74 Å². The van der Waals surface area contributed by atoms with Gasteiger partial charge in [-0.2, -0.15) is 0 Å². The molecule has 0 N–H and O–H groups in total. The number of benzene rings is 3. The van der Waals surface area contributed by atoms with E-state index >= 15 is 0 Å². The first-order valence-corrected chi connectivity index (χ1v) is 7.14. The van der Waals surface area contributed by atoms with E-state index < -0.39 is 0 Å². The number of hydrogen-bond acceptors (Lipinski definition) is 1. The van der Waals surface area contributed by atoms with E-state index in [0.717, 1.165) is 10.8 Å². The molecule has 1 nitrogen and oxygen atoms in total. The Kier molecular flexibility index (Phi) is 3.94. The molecule has 0 heterocycles. The van der Waals surface area contributed by atoms with Gasteiger partial charge in [-0.1, -0.05) is 60.1 Å². The van der Waals surface area contributed by atoms with Crippen LogP contribution in [-0.4, -0.2) is 7.11 Å². The van der Waals surface area contributed by atoms with Crippen molar-refractivity contribution >= 4 is 11.6 Å². The van der Waals surface area contributed by atoms with Crippen molar-refractivity contribution in [2.75, 3.05) is 7.11 Å². The molecule has 0 atom stereocenters. The van der Waals surface area contributed by atoms with Crippen molar-refractivity contribution in [1.29, 1.82) is 0 Å². The molecular formula is C19H15ClO. The summed E-state index contributed by atoms with van der Waals surface area (Å²) < 4.78 is 5.18. The summed E-state index contributed by atoms with van der Waals surface area (Å²) in [5.74, 6) is 0.872. The highest BCUT2D eigenvalue weighted by atomic mass is 35.5. The summed E-state index contributed by atoms with van der Waals surface area (Å²) in [6, 6.07) is 24.5. The fraction of sp³-hybridized carbons (Fsp3) is 0.0526. The second-order valence-corrected chi connectivity index (χ2v) is 5.25. The lowest BCUT2D eigenvalue weighted by Gasteiger charge is -2.06. The van der Waals surface area contributed by atoms with Crippen molar-refractivity contribution < 1.29 is 4.74 Å². The first-order valence-electron chi connectivity index (χ1n) is 6.77. The normalized spacial score (nSPS) is 10.4. The molecule has 0 saturated carbocycles. The largest absolute Gasteiger partial charge is 0.497 e. The lowest BCUT2D eigenvalue weighted by molar-refractivity contribution is 0.415. The molecule has 3 rings (SSSR count). The fourth-order valence-corrected chi connectivity index (χ4v) is 2.41. The Hall–Kier alpha value is -2.25. The van der Waals surface area contributed by atoms with Crippen molar-refractivity contribution in [3.63, 3.8) is 0 Å². The highest BCUT2D eigenvalue weighted by Crippen LogP contribution is 2.26. The summed E-state index contributed by atoms with van der Waals surface area (Å²) in [6.45, 7) is 0. The molecule has 0 aliphatic carbocycles. The van der Waals surface area contributed by atoms with Gasteiger partial charge in [-0.25, -0.2) is 0 Å². The standard InChI is InChI=1S/C19H15ClO/c1-21-19-12-8-17(9-13-19)15-4-2-14(3-5-15)16-6-10-18(20)11-7-16/h2-13H,1H3. The van der Waals surface area contributed by atoms with Gasteiger partial charge in [0.1, 0.15) is 5.75 Å². The maximum atomic E-state index is 5.92. The molecule has 3 aromatic carbocycles. The van der Waals surface area contributed by atoms with Crippen LogP contribution in [0.5, 0.6) is 5.75 Å². The second kappa shape index (κ2) is 6.02. The molecule has 0 aliphatic rings. The molecule has 3 aromatic rings. The lowest BCUT2D eigenvalue weighted by Crippen LogP contribution is -1.83. The molecule has 2 heteroatoms. The fourth-order valence-electron chi connectivity index (χ4n) is 2.28.